The average molecular weight is 309 g/mol. The molecule has 0 nitrogen and oxygen atoms in total. The van der Waals surface area contributed by atoms with E-state index in [1.807, 2.05) is 12.1 Å². The van der Waals surface area contributed by atoms with Crippen molar-refractivity contribution in [1.29, 1.82) is 0 Å². The summed E-state index contributed by atoms with van der Waals surface area (Å²) in [6.07, 6.45) is 0. The number of fused-ring (bicyclic) bond motifs is 1. The quantitative estimate of drug-likeness (QED) is 0.485. The van der Waals surface area contributed by atoms with Gasteiger partial charge in [-0.2, -0.15) is 0 Å². The highest BCUT2D eigenvalue weighted by Gasteiger charge is 2.17. The van der Waals surface area contributed by atoms with Crippen molar-refractivity contribution < 1.29 is 0 Å². The second kappa shape index (κ2) is 5.78. The molecule has 0 radical (unpaired) electrons. The summed E-state index contributed by atoms with van der Waals surface area (Å²) in [6, 6.07) is 17.3. The first-order valence-electron chi connectivity index (χ1n) is 7.77. The Balaban J connectivity index is 2.26. The Morgan fingerprint density at radius 2 is 1.45 bits per heavy atom. The van der Waals surface area contributed by atoms with Crippen LogP contribution in [0.25, 0.3) is 22.3 Å². The van der Waals surface area contributed by atoms with Crippen LogP contribution in [0.15, 0.2) is 48.5 Å². The molecule has 0 saturated carbocycles. The molecule has 3 rings (SSSR count). The molecule has 2 aliphatic carbocycles. The molecule has 0 fully saturated rings. The maximum absolute atomic E-state index is 6.03. The van der Waals surface area contributed by atoms with E-state index in [4.69, 9.17) is 11.6 Å². The Morgan fingerprint density at radius 3 is 2.09 bits per heavy atom. The Morgan fingerprint density at radius 1 is 0.773 bits per heavy atom. The minimum absolute atomic E-state index is 0.531. The summed E-state index contributed by atoms with van der Waals surface area (Å²) >= 11 is 6.03. The zero-order chi connectivity index (χ0) is 15.9. The first kappa shape index (κ1) is 15.1. The molecule has 0 atom stereocenters. The highest BCUT2D eigenvalue weighted by atomic mass is 35.5. The zero-order valence-electron chi connectivity index (χ0n) is 13.6. The van der Waals surface area contributed by atoms with Crippen molar-refractivity contribution >= 4 is 11.6 Å². The van der Waals surface area contributed by atoms with E-state index in [0.29, 0.717) is 5.92 Å². The number of hydrogen-bond acceptors (Lipinski definition) is 0. The van der Waals surface area contributed by atoms with Gasteiger partial charge in [-0.15, -0.1) is 0 Å². The van der Waals surface area contributed by atoms with Gasteiger partial charge in [0.2, 0.25) is 0 Å². The van der Waals surface area contributed by atoms with Crippen molar-refractivity contribution in [2.75, 3.05) is 0 Å². The average Bonchev–Trinajstić information content (AvgIpc) is 2.69. The fourth-order valence-electron chi connectivity index (χ4n) is 3.06. The van der Waals surface area contributed by atoms with Crippen molar-refractivity contribution in [3.63, 3.8) is 0 Å². The number of benzene rings is 1. The Kier molecular flexibility index (Phi) is 3.97. The van der Waals surface area contributed by atoms with Gasteiger partial charge in [0.15, 0.2) is 0 Å². The zero-order valence-corrected chi connectivity index (χ0v) is 14.3. The summed E-state index contributed by atoms with van der Waals surface area (Å²) in [4.78, 5) is 0. The first-order chi connectivity index (χ1) is 10.5. The van der Waals surface area contributed by atoms with E-state index in [1.54, 1.807) is 0 Å². The van der Waals surface area contributed by atoms with E-state index in [1.165, 1.54) is 38.9 Å². The molecule has 0 aliphatic heterocycles. The van der Waals surface area contributed by atoms with Gasteiger partial charge in [-0.1, -0.05) is 61.8 Å². The second-order valence-corrected chi connectivity index (χ2v) is 6.79. The van der Waals surface area contributed by atoms with E-state index < -0.39 is 0 Å². The summed E-state index contributed by atoms with van der Waals surface area (Å²) in [5.74, 6) is 0.531. The topological polar surface area (TPSA) is 0 Å². The third-order valence-corrected chi connectivity index (χ3v) is 4.63. The van der Waals surface area contributed by atoms with E-state index in [2.05, 4.69) is 64.1 Å². The van der Waals surface area contributed by atoms with Gasteiger partial charge in [-0.05, 0) is 70.8 Å². The lowest BCUT2D eigenvalue weighted by Crippen LogP contribution is -1.84. The normalized spacial score (nSPS) is 11.4. The minimum atomic E-state index is 0.531. The lowest BCUT2D eigenvalue weighted by Gasteiger charge is -2.06. The molecule has 0 heterocycles. The van der Waals surface area contributed by atoms with Gasteiger partial charge in [0, 0.05) is 5.02 Å². The van der Waals surface area contributed by atoms with Crippen molar-refractivity contribution in [2.45, 2.75) is 33.6 Å². The Labute approximate surface area is 138 Å². The third kappa shape index (κ3) is 2.64. The van der Waals surface area contributed by atoms with Gasteiger partial charge in [0.1, 0.15) is 0 Å². The molecular weight excluding hydrogens is 288 g/mol. The molecule has 1 aromatic carbocycles. The van der Waals surface area contributed by atoms with Gasteiger partial charge < -0.3 is 0 Å². The molecule has 0 bridgehead atoms. The van der Waals surface area contributed by atoms with Crippen LogP contribution in [-0.4, -0.2) is 0 Å². The SMILES string of the molecule is Cc1cc(-c2ccc(Cl)cc2)c2c(C)ccc(C(C)C)cc1-2. The van der Waals surface area contributed by atoms with Crippen LogP contribution in [0.5, 0.6) is 0 Å². The highest BCUT2D eigenvalue weighted by molar-refractivity contribution is 6.30. The van der Waals surface area contributed by atoms with Crippen LogP contribution in [0.3, 0.4) is 0 Å². The minimum Gasteiger partial charge on any atom is -0.0843 e. The maximum Gasteiger partial charge on any atom is 0.0406 e. The van der Waals surface area contributed by atoms with Crippen LogP contribution in [-0.2, 0) is 0 Å². The summed E-state index contributed by atoms with van der Waals surface area (Å²) in [7, 11) is 0. The molecule has 0 amide bonds. The van der Waals surface area contributed by atoms with Gasteiger partial charge >= 0.3 is 0 Å². The standard InChI is InChI=1S/C21H21Cl/c1-13(2)17-6-5-14(3)21-19(12-17)15(4)11-20(21)16-7-9-18(22)10-8-16/h5-13H,1-4H3. The van der Waals surface area contributed by atoms with E-state index in [0.717, 1.165) is 5.02 Å². The smallest absolute Gasteiger partial charge is 0.0406 e. The van der Waals surface area contributed by atoms with Crippen LogP contribution in [0, 0.1) is 13.8 Å². The molecule has 0 spiro atoms. The van der Waals surface area contributed by atoms with Gasteiger partial charge in [-0.3, -0.25) is 0 Å². The second-order valence-electron chi connectivity index (χ2n) is 6.35. The Hall–Kier alpha value is -1.79. The van der Waals surface area contributed by atoms with Gasteiger partial charge in [-0.25, -0.2) is 0 Å². The number of hydrogen-bond donors (Lipinski definition) is 0. The monoisotopic (exact) mass is 308 g/mol. The molecule has 1 aromatic rings. The molecule has 0 aromatic heterocycles. The van der Waals surface area contributed by atoms with Crippen LogP contribution < -0.4 is 0 Å². The van der Waals surface area contributed by atoms with E-state index in [9.17, 15) is 0 Å². The lowest BCUT2D eigenvalue weighted by atomic mass is 9.98. The van der Waals surface area contributed by atoms with E-state index in [-0.39, 0.29) is 0 Å². The van der Waals surface area contributed by atoms with Crippen molar-refractivity contribution in [3.05, 3.63) is 70.2 Å². The largest absolute Gasteiger partial charge is 0.0843 e. The predicted octanol–water partition coefficient (Wildman–Crippen LogP) is 6.85. The van der Waals surface area contributed by atoms with Crippen LogP contribution in [0.4, 0.5) is 0 Å². The number of aryl methyl sites for hydroxylation is 2. The summed E-state index contributed by atoms with van der Waals surface area (Å²) in [5.41, 5.74) is 9.27. The summed E-state index contributed by atoms with van der Waals surface area (Å²) in [5, 5.41) is 0.778. The molecule has 2 aliphatic rings. The number of halogens is 1. The van der Waals surface area contributed by atoms with Gasteiger partial charge in [0.05, 0.1) is 0 Å². The van der Waals surface area contributed by atoms with Crippen LogP contribution in [0.1, 0.15) is 36.5 Å². The lowest BCUT2D eigenvalue weighted by molar-refractivity contribution is 0.868. The molecular formula is C21H21Cl. The predicted molar refractivity (Wildman–Crippen MR) is 97.1 cm³/mol. The molecule has 0 unspecified atom stereocenters. The fraction of sp³-hybridized carbons (Fsp3) is 0.238. The van der Waals surface area contributed by atoms with Crippen molar-refractivity contribution in [3.8, 4) is 22.3 Å². The van der Waals surface area contributed by atoms with E-state index >= 15 is 0 Å². The third-order valence-electron chi connectivity index (χ3n) is 4.38. The molecule has 0 N–H and O–H groups in total. The highest BCUT2D eigenvalue weighted by Crippen LogP contribution is 2.41. The summed E-state index contributed by atoms with van der Waals surface area (Å²) < 4.78 is 0. The maximum atomic E-state index is 6.03. The number of rotatable bonds is 2. The van der Waals surface area contributed by atoms with Crippen molar-refractivity contribution in [2.24, 2.45) is 0 Å². The van der Waals surface area contributed by atoms with Crippen molar-refractivity contribution in [1.82, 2.24) is 0 Å². The Bertz CT molecular complexity index is 782. The molecule has 22 heavy (non-hydrogen) atoms. The van der Waals surface area contributed by atoms with Crippen LogP contribution >= 0.6 is 11.6 Å². The fourth-order valence-corrected chi connectivity index (χ4v) is 3.18. The van der Waals surface area contributed by atoms with Gasteiger partial charge in [0.25, 0.3) is 0 Å². The van der Waals surface area contributed by atoms with Crippen LogP contribution in [0.2, 0.25) is 5.02 Å². The first-order valence-corrected chi connectivity index (χ1v) is 8.15. The molecule has 0 saturated heterocycles. The molecule has 1 heteroatoms. The summed E-state index contributed by atoms with van der Waals surface area (Å²) in [6.45, 7) is 8.89. The molecule has 112 valence electrons.